The van der Waals surface area contributed by atoms with Gasteiger partial charge in [0, 0.05) is 19.5 Å². The van der Waals surface area contributed by atoms with Gasteiger partial charge in [0.2, 0.25) is 10.0 Å². The smallest absolute Gasteiger partial charge is 0.308 e. The van der Waals surface area contributed by atoms with E-state index in [0.717, 1.165) is 0 Å². The van der Waals surface area contributed by atoms with Crippen LogP contribution >= 0.6 is 0 Å². The van der Waals surface area contributed by atoms with Crippen LogP contribution in [-0.2, 0) is 24.3 Å². The number of nitrogens with zero attached hydrogens (tertiary/aromatic N) is 1. The average molecular weight is 293 g/mol. The number of piperidine rings is 1. The summed E-state index contributed by atoms with van der Waals surface area (Å²) in [5.41, 5.74) is 0. The van der Waals surface area contributed by atoms with Crippen LogP contribution in [0.25, 0.3) is 0 Å². The van der Waals surface area contributed by atoms with E-state index in [1.165, 1.54) is 11.4 Å². The van der Waals surface area contributed by atoms with Gasteiger partial charge < -0.3 is 9.84 Å². The molecule has 0 saturated carbocycles. The molecule has 1 heterocycles. The number of hydrogen-bond acceptors (Lipinski definition) is 5. The Kier molecular flexibility index (Phi) is 5.74. The molecule has 0 atom stereocenters. The lowest BCUT2D eigenvalue weighted by atomic mass is 9.99. The van der Waals surface area contributed by atoms with Gasteiger partial charge in [-0.3, -0.25) is 9.59 Å². The predicted molar refractivity (Wildman–Crippen MR) is 67.0 cm³/mol. The van der Waals surface area contributed by atoms with Crippen molar-refractivity contribution in [3.8, 4) is 0 Å². The molecule has 1 N–H and O–H groups in total. The molecule has 0 aliphatic carbocycles. The van der Waals surface area contributed by atoms with Gasteiger partial charge in [-0.1, -0.05) is 0 Å². The van der Waals surface area contributed by atoms with Crippen molar-refractivity contribution in [2.24, 2.45) is 5.92 Å². The summed E-state index contributed by atoms with van der Waals surface area (Å²) in [6.07, 6.45) is 0.849. The fourth-order valence-electron chi connectivity index (χ4n) is 2.07. The molecular weight excluding hydrogens is 274 g/mol. The number of methoxy groups -OCH3 is 1. The second-order valence-electron chi connectivity index (χ2n) is 4.51. The molecule has 1 aliphatic heterocycles. The van der Waals surface area contributed by atoms with Crippen molar-refractivity contribution in [1.29, 1.82) is 0 Å². The van der Waals surface area contributed by atoms with Gasteiger partial charge >= 0.3 is 11.9 Å². The van der Waals surface area contributed by atoms with Gasteiger partial charge in [0.25, 0.3) is 0 Å². The van der Waals surface area contributed by atoms with E-state index >= 15 is 0 Å². The Labute approximate surface area is 112 Å². The molecule has 0 amide bonds. The third-order valence-corrected chi connectivity index (χ3v) is 5.13. The Balaban J connectivity index is 2.45. The second-order valence-corrected chi connectivity index (χ2v) is 6.60. The highest BCUT2D eigenvalue weighted by molar-refractivity contribution is 7.89. The maximum absolute atomic E-state index is 11.9. The van der Waals surface area contributed by atoms with E-state index in [4.69, 9.17) is 5.11 Å². The van der Waals surface area contributed by atoms with Crippen LogP contribution < -0.4 is 0 Å². The van der Waals surface area contributed by atoms with Gasteiger partial charge in [-0.15, -0.1) is 0 Å². The van der Waals surface area contributed by atoms with Crippen molar-refractivity contribution in [2.75, 3.05) is 26.0 Å². The molecule has 0 spiro atoms. The molecule has 8 heteroatoms. The number of carbonyl (C=O) groups is 2. The highest BCUT2D eigenvalue weighted by atomic mass is 32.2. The molecule has 19 heavy (non-hydrogen) atoms. The first kappa shape index (κ1) is 15.9. The predicted octanol–water partition coefficient (Wildman–Crippen LogP) is 0.0660. The van der Waals surface area contributed by atoms with Crippen molar-refractivity contribution >= 4 is 22.0 Å². The Morgan fingerprint density at radius 3 is 2.37 bits per heavy atom. The topological polar surface area (TPSA) is 101 Å². The number of carboxylic acids is 1. The minimum absolute atomic E-state index is 0.106. The highest BCUT2D eigenvalue weighted by Gasteiger charge is 2.31. The summed E-state index contributed by atoms with van der Waals surface area (Å²) < 4.78 is 29.8. The number of sulfonamides is 1. The van der Waals surface area contributed by atoms with Gasteiger partial charge in [0.15, 0.2) is 0 Å². The van der Waals surface area contributed by atoms with Crippen LogP contribution in [0.3, 0.4) is 0 Å². The zero-order chi connectivity index (χ0) is 14.5. The lowest BCUT2D eigenvalue weighted by Gasteiger charge is -2.29. The number of esters is 1. The second kappa shape index (κ2) is 6.85. The first-order chi connectivity index (χ1) is 8.86. The van der Waals surface area contributed by atoms with Gasteiger partial charge in [0.05, 0.1) is 18.8 Å². The minimum Gasteiger partial charge on any atom is -0.481 e. The van der Waals surface area contributed by atoms with E-state index in [9.17, 15) is 18.0 Å². The molecule has 0 aromatic carbocycles. The molecule has 0 radical (unpaired) electrons. The summed E-state index contributed by atoms with van der Waals surface area (Å²) in [6.45, 7) is 0.574. The van der Waals surface area contributed by atoms with Crippen LogP contribution in [0.4, 0.5) is 0 Å². The van der Waals surface area contributed by atoms with Crippen molar-refractivity contribution in [3.63, 3.8) is 0 Å². The van der Waals surface area contributed by atoms with E-state index in [1.54, 1.807) is 0 Å². The largest absolute Gasteiger partial charge is 0.481 e. The first-order valence-corrected chi connectivity index (χ1v) is 7.75. The molecule has 1 fully saturated rings. The van der Waals surface area contributed by atoms with Gasteiger partial charge in [-0.2, -0.15) is 0 Å². The molecular formula is C11H19NO6S. The lowest BCUT2D eigenvalue weighted by molar-refractivity contribution is -0.146. The van der Waals surface area contributed by atoms with Crippen molar-refractivity contribution in [3.05, 3.63) is 0 Å². The van der Waals surface area contributed by atoms with Crippen LogP contribution in [0.5, 0.6) is 0 Å². The van der Waals surface area contributed by atoms with Gasteiger partial charge in [-0.25, -0.2) is 12.7 Å². The molecule has 1 saturated heterocycles. The van der Waals surface area contributed by atoms with Crippen LogP contribution in [0.15, 0.2) is 0 Å². The SMILES string of the molecule is COC(=O)C1CCN(S(=O)(=O)CCCC(=O)O)CC1. The van der Waals surface area contributed by atoms with Crippen LogP contribution in [0, 0.1) is 5.92 Å². The summed E-state index contributed by atoms with van der Waals surface area (Å²) in [7, 11) is -2.10. The standard InChI is InChI=1S/C11H19NO6S/c1-18-11(15)9-4-6-12(7-5-9)19(16,17)8-2-3-10(13)14/h9H,2-8H2,1H3,(H,13,14). The Bertz CT molecular complexity index is 424. The highest BCUT2D eigenvalue weighted by Crippen LogP contribution is 2.21. The van der Waals surface area contributed by atoms with E-state index in [2.05, 4.69) is 4.74 Å². The number of hydrogen-bond donors (Lipinski definition) is 1. The van der Waals surface area contributed by atoms with Crippen LogP contribution in [0.1, 0.15) is 25.7 Å². The first-order valence-electron chi connectivity index (χ1n) is 6.14. The van der Waals surface area contributed by atoms with E-state index in [0.29, 0.717) is 12.8 Å². The van der Waals surface area contributed by atoms with E-state index in [1.807, 2.05) is 0 Å². The quantitative estimate of drug-likeness (QED) is 0.695. The molecule has 0 unspecified atom stereocenters. The van der Waals surface area contributed by atoms with Crippen molar-refractivity contribution in [1.82, 2.24) is 4.31 Å². The van der Waals surface area contributed by atoms with E-state index < -0.39 is 16.0 Å². The lowest BCUT2D eigenvalue weighted by Crippen LogP contribution is -2.41. The summed E-state index contributed by atoms with van der Waals surface area (Å²) >= 11 is 0. The summed E-state index contributed by atoms with van der Waals surface area (Å²) in [5, 5.41) is 8.48. The van der Waals surface area contributed by atoms with E-state index in [-0.39, 0.29) is 43.6 Å². The third-order valence-electron chi connectivity index (χ3n) is 3.17. The molecule has 1 aliphatic rings. The number of aliphatic carboxylic acids is 1. The monoisotopic (exact) mass is 293 g/mol. The molecule has 0 bridgehead atoms. The average Bonchev–Trinajstić information content (AvgIpc) is 2.37. The fraction of sp³-hybridized carbons (Fsp3) is 0.818. The summed E-state index contributed by atoms with van der Waals surface area (Å²) in [6, 6.07) is 0. The normalized spacial score (nSPS) is 18.2. The number of rotatable bonds is 6. The molecule has 110 valence electrons. The molecule has 0 aromatic rings. The van der Waals surface area contributed by atoms with Gasteiger partial charge in [0.1, 0.15) is 0 Å². The number of ether oxygens (including phenoxy) is 1. The maximum Gasteiger partial charge on any atom is 0.308 e. The Morgan fingerprint density at radius 2 is 1.89 bits per heavy atom. The summed E-state index contributed by atoms with van der Waals surface area (Å²) in [4.78, 5) is 21.7. The summed E-state index contributed by atoms with van der Waals surface area (Å²) in [5.74, 6) is -1.71. The number of carbonyl (C=O) groups excluding carboxylic acids is 1. The number of carboxylic acid groups (broad SMARTS) is 1. The molecule has 1 rings (SSSR count). The van der Waals surface area contributed by atoms with Gasteiger partial charge in [-0.05, 0) is 19.3 Å². The zero-order valence-corrected chi connectivity index (χ0v) is 11.7. The van der Waals surface area contributed by atoms with Crippen molar-refractivity contribution < 1.29 is 27.9 Å². The maximum atomic E-state index is 11.9. The molecule has 7 nitrogen and oxygen atoms in total. The van der Waals surface area contributed by atoms with Crippen LogP contribution in [0.2, 0.25) is 0 Å². The third kappa shape index (κ3) is 4.79. The van der Waals surface area contributed by atoms with Crippen molar-refractivity contribution in [2.45, 2.75) is 25.7 Å². The van der Waals surface area contributed by atoms with Crippen LogP contribution in [-0.4, -0.2) is 55.7 Å². The fourth-order valence-corrected chi connectivity index (χ4v) is 3.61. The minimum atomic E-state index is -3.42. The Hall–Kier alpha value is -1.15. The molecule has 0 aromatic heterocycles. The zero-order valence-electron chi connectivity index (χ0n) is 10.9. The Morgan fingerprint density at radius 1 is 1.32 bits per heavy atom.